The zero-order valence-corrected chi connectivity index (χ0v) is 12.3. The average Bonchev–Trinajstić information content (AvgIpc) is 2.71. The van der Waals surface area contributed by atoms with Crippen molar-refractivity contribution in [2.45, 2.75) is 31.6 Å². The minimum Gasteiger partial charge on any atom is -0.459 e. The minimum atomic E-state index is 0.265. The Bertz CT molecular complexity index is 479. The number of para-hydroxylation sites is 1. The summed E-state index contributed by atoms with van der Waals surface area (Å²) in [6, 6.07) is 10.6. The molecule has 0 bridgehead atoms. The Morgan fingerprint density at radius 1 is 1.28 bits per heavy atom. The van der Waals surface area contributed by atoms with E-state index in [1.54, 1.807) is 0 Å². The fraction of sp³-hybridized carbons (Fsp3) is 0.467. The van der Waals surface area contributed by atoms with E-state index in [9.17, 15) is 0 Å². The predicted octanol–water partition coefficient (Wildman–Crippen LogP) is 4.23. The molecule has 1 aromatic heterocycles. The van der Waals surface area contributed by atoms with Gasteiger partial charge in [0, 0.05) is 15.9 Å². The van der Waals surface area contributed by atoms with E-state index in [-0.39, 0.29) is 10.8 Å². The summed E-state index contributed by atoms with van der Waals surface area (Å²) in [5, 5.41) is 4.51. The molecule has 0 radical (unpaired) electrons. The Kier molecular flexibility index (Phi) is 4.03. The summed E-state index contributed by atoms with van der Waals surface area (Å²) in [5.41, 5.74) is 0.966. The number of nitrogens with one attached hydrogen (secondary N) is 1. The third-order valence-electron chi connectivity index (χ3n) is 2.82. The van der Waals surface area contributed by atoms with Gasteiger partial charge in [-0.1, -0.05) is 39.0 Å². The van der Waals surface area contributed by atoms with Crippen LogP contribution in [0.2, 0.25) is 0 Å². The van der Waals surface area contributed by atoms with Crippen LogP contribution < -0.4 is 5.32 Å². The zero-order chi connectivity index (χ0) is 13.2. The molecular formula is C15H21NOS. The van der Waals surface area contributed by atoms with Gasteiger partial charge in [0.2, 0.25) is 0 Å². The van der Waals surface area contributed by atoms with Gasteiger partial charge in [-0.2, -0.15) is 11.8 Å². The van der Waals surface area contributed by atoms with Crippen molar-refractivity contribution in [3.8, 4) is 0 Å². The van der Waals surface area contributed by atoms with E-state index in [0.29, 0.717) is 0 Å². The highest BCUT2D eigenvalue weighted by Gasteiger charge is 2.18. The summed E-state index contributed by atoms with van der Waals surface area (Å²) >= 11 is 1.95. The Labute approximate surface area is 113 Å². The van der Waals surface area contributed by atoms with Crippen LogP contribution in [-0.2, 0) is 0 Å². The first-order valence-corrected chi connectivity index (χ1v) is 7.28. The molecule has 98 valence electrons. The molecule has 2 nitrogen and oxygen atoms in total. The second kappa shape index (κ2) is 5.37. The molecule has 0 saturated heterocycles. The lowest BCUT2D eigenvalue weighted by Crippen LogP contribution is -2.21. The van der Waals surface area contributed by atoms with E-state index in [1.807, 2.05) is 37.0 Å². The lowest BCUT2D eigenvalue weighted by Gasteiger charge is -2.21. The summed E-state index contributed by atoms with van der Waals surface area (Å²) in [6.07, 6.45) is 0. The number of hydrogen-bond acceptors (Lipinski definition) is 3. The maximum Gasteiger partial charge on any atom is 0.134 e. The largest absolute Gasteiger partial charge is 0.459 e. The Morgan fingerprint density at radius 3 is 2.61 bits per heavy atom. The van der Waals surface area contributed by atoms with Crippen LogP contribution >= 0.6 is 11.8 Å². The van der Waals surface area contributed by atoms with Crippen LogP contribution in [0, 0.1) is 0 Å². The highest BCUT2D eigenvalue weighted by atomic mass is 32.2. The number of furan rings is 1. The van der Waals surface area contributed by atoms with E-state index in [2.05, 4.69) is 38.2 Å². The summed E-state index contributed by atoms with van der Waals surface area (Å²) < 4.78 is 6.19. The standard InChI is InChI=1S/C15H21NOS/c1-15(2,3)18-10-12(16-4)14-9-11-7-5-6-8-13(11)17-14/h5-9,12,16H,10H2,1-4H3. The van der Waals surface area contributed by atoms with Crippen molar-refractivity contribution >= 4 is 22.7 Å². The van der Waals surface area contributed by atoms with E-state index in [0.717, 1.165) is 17.1 Å². The summed E-state index contributed by atoms with van der Waals surface area (Å²) in [5.74, 6) is 2.04. The van der Waals surface area contributed by atoms with Crippen LogP contribution in [-0.4, -0.2) is 17.5 Å². The molecule has 0 fully saturated rings. The molecule has 1 heterocycles. The van der Waals surface area contributed by atoms with Crippen LogP contribution in [0.5, 0.6) is 0 Å². The molecule has 2 aromatic rings. The molecule has 0 spiro atoms. The summed E-state index contributed by atoms with van der Waals surface area (Å²) in [7, 11) is 1.99. The minimum absolute atomic E-state index is 0.265. The molecule has 1 aromatic carbocycles. The van der Waals surface area contributed by atoms with Gasteiger partial charge in [0.25, 0.3) is 0 Å². The third kappa shape index (κ3) is 3.30. The molecule has 0 aliphatic rings. The highest BCUT2D eigenvalue weighted by Crippen LogP contribution is 2.30. The fourth-order valence-electron chi connectivity index (χ4n) is 1.82. The Balaban J connectivity index is 2.16. The summed E-state index contributed by atoms with van der Waals surface area (Å²) in [4.78, 5) is 0. The predicted molar refractivity (Wildman–Crippen MR) is 80.2 cm³/mol. The Hall–Kier alpha value is -0.930. The number of benzene rings is 1. The van der Waals surface area contributed by atoms with Crippen LogP contribution in [0.4, 0.5) is 0 Å². The highest BCUT2D eigenvalue weighted by molar-refractivity contribution is 8.00. The van der Waals surface area contributed by atoms with E-state index < -0.39 is 0 Å². The number of fused-ring (bicyclic) bond motifs is 1. The molecule has 1 N–H and O–H groups in total. The number of rotatable bonds is 4. The van der Waals surface area contributed by atoms with Gasteiger partial charge in [-0.25, -0.2) is 0 Å². The van der Waals surface area contributed by atoms with Gasteiger partial charge in [-0.3, -0.25) is 0 Å². The first-order chi connectivity index (χ1) is 8.49. The molecule has 2 rings (SSSR count). The lowest BCUT2D eigenvalue weighted by molar-refractivity contribution is 0.478. The second-order valence-corrected chi connectivity index (χ2v) is 7.30. The first kappa shape index (κ1) is 13.5. The second-order valence-electron chi connectivity index (χ2n) is 5.45. The number of thioether (sulfide) groups is 1. The zero-order valence-electron chi connectivity index (χ0n) is 11.5. The van der Waals surface area contributed by atoms with Crippen LogP contribution in [0.15, 0.2) is 34.7 Å². The maximum atomic E-state index is 5.91. The van der Waals surface area contributed by atoms with Gasteiger partial charge in [0.1, 0.15) is 11.3 Å². The molecule has 0 amide bonds. The van der Waals surface area contributed by atoms with Crippen LogP contribution in [0.25, 0.3) is 11.0 Å². The number of hydrogen-bond donors (Lipinski definition) is 1. The van der Waals surface area contributed by atoms with Crippen molar-refractivity contribution in [1.82, 2.24) is 5.32 Å². The van der Waals surface area contributed by atoms with Crippen molar-refractivity contribution in [2.24, 2.45) is 0 Å². The normalized spacial score (nSPS) is 14.0. The van der Waals surface area contributed by atoms with E-state index in [4.69, 9.17) is 4.42 Å². The molecule has 0 aliphatic heterocycles. The van der Waals surface area contributed by atoms with Crippen molar-refractivity contribution < 1.29 is 4.42 Å². The first-order valence-electron chi connectivity index (χ1n) is 6.29. The van der Waals surface area contributed by atoms with Gasteiger partial charge in [0.05, 0.1) is 6.04 Å². The third-order valence-corrected chi connectivity index (χ3v) is 4.19. The topological polar surface area (TPSA) is 25.2 Å². The van der Waals surface area contributed by atoms with E-state index in [1.165, 1.54) is 5.39 Å². The van der Waals surface area contributed by atoms with Crippen molar-refractivity contribution in [2.75, 3.05) is 12.8 Å². The quantitative estimate of drug-likeness (QED) is 0.894. The monoisotopic (exact) mass is 263 g/mol. The molecule has 18 heavy (non-hydrogen) atoms. The van der Waals surface area contributed by atoms with Gasteiger partial charge in [0.15, 0.2) is 0 Å². The molecule has 3 heteroatoms. The van der Waals surface area contributed by atoms with E-state index >= 15 is 0 Å². The average molecular weight is 263 g/mol. The molecular weight excluding hydrogens is 242 g/mol. The molecule has 0 aliphatic carbocycles. The molecule has 1 unspecified atom stereocenters. The van der Waals surface area contributed by atoms with Gasteiger partial charge in [-0.15, -0.1) is 0 Å². The van der Waals surface area contributed by atoms with Crippen molar-refractivity contribution in [3.05, 3.63) is 36.1 Å². The van der Waals surface area contributed by atoms with Crippen molar-refractivity contribution in [1.29, 1.82) is 0 Å². The molecule has 1 atom stereocenters. The van der Waals surface area contributed by atoms with Gasteiger partial charge >= 0.3 is 0 Å². The lowest BCUT2D eigenvalue weighted by atomic mass is 10.2. The fourth-order valence-corrected chi connectivity index (χ4v) is 2.81. The SMILES string of the molecule is CNC(CSC(C)(C)C)c1cc2ccccc2o1. The summed E-state index contributed by atoms with van der Waals surface area (Å²) in [6.45, 7) is 6.72. The van der Waals surface area contributed by atoms with Gasteiger partial charge < -0.3 is 9.73 Å². The van der Waals surface area contributed by atoms with Crippen molar-refractivity contribution in [3.63, 3.8) is 0 Å². The maximum absolute atomic E-state index is 5.91. The van der Waals surface area contributed by atoms with Crippen LogP contribution in [0.3, 0.4) is 0 Å². The smallest absolute Gasteiger partial charge is 0.134 e. The van der Waals surface area contributed by atoms with Crippen LogP contribution in [0.1, 0.15) is 32.6 Å². The van der Waals surface area contributed by atoms with Gasteiger partial charge in [-0.05, 0) is 19.2 Å². The Morgan fingerprint density at radius 2 is 2.00 bits per heavy atom. The molecule has 0 saturated carbocycles.